The number of anilines is 1. The first-order valence-corrected chi connectivity index (χ1v) is 8.70. The molecule has 110 valence electrons. The van der Waals surface area contributed by atoms with Gasteiger partial charge in [-0.15, -0.1) is 0 Å². The number of benzene rings is 2. The van der Waals surface area contributed by atoms with Gasteiger partial charge in [0.15, 0.2) is 0 Å². The van der Waals surface area contributed by atoms with Crippen LogP contribution in [-0.2, 0) is 16.4 Å². The van der Waals surface area contributed by atoms with Crippen LogP contribution < -0.4 is 4.31 Å². The Balaban J connectivity index is 2.17. The van der Waals surface area contributed by atoms with E-state index in [9.17, 15) is 8.42 Å². The molecule has 0 N–H and O–H groups in total. The fraction of sp³-hybridized carbons (Fsp3) is 0.250. The van der Waals surface area contributed by atoms with Crippen molar-refractivity contribution >= 4 is 27.3 Å². The largest absolute Gasteiger partial charge is 0.266 e. The SMILES string of the molecule is C[C@@H]1CCc2ccccc2N1S(=O)(=O)c1ccccc1Cl. The van der Waals surface area contributed by atoms with Gasteiger partial charge in [-0.05, 0) is 43.5 Å². The van der Waals surface area contributed by atoms with Gasteiger partial charge >= 0.3 is 0 Å². The van der Waals surface area contributed by atoms with Gasteiger partial charge in [-0.3, -0.25) is 4.31 Å². The molecule has 0 aromatic heterocycles. The Morgan fingerprint density at radius 1 is 1.10 bits per heavy atom. The molecule has 3 nitrogen and oxygen atoms in total. The normalized spacial score (nSPS) is 18.4. The minimum Gasteiger partial charge on any atom is -0.263 e. The van der Waals surface area contributed by atoms with Crippen LogP contribution >= 0.6 is 11.6 Å². The lowest BCUT2D eigenvalue weighted by Crippen LogP contribution is -2.42. The van der Waals surface area contributed by atoms with Gasteiger partial charge in [-0.1, -0.05) is 41.9 Å². The first-order valence-electron chi connectivity index (χ1n) is 6.88. The minimum absolute atomic E-state index is 0.0822. The second-order valence-electron chi connectivity index (χ2n) is 5.25. The lowest BCUT2D eigenvalue weighted by Gasteiger charge is -2.36. The second-order valence-corrected chi connectivity index (χ2v) is 7.44. The maximum atomic E-state index is 13.0. The van der Waals surface area contributed by atoms with Crippen LogP contribution in [0.1, 0.15) is 18.9 Å². The third-order valence-corrected chi connectivity index (χ3v) is 6.26. The molecule has 0 radical (unpaired) electrons. The number of hydrogen-bond acceptors (Lipinski definition) is 2. The van der Waals surface area contributed by atoms with Crippen LogP contribution in [0.15, 0.2) is 53.4 Å². The number of rotatable bonds is 2. The molecule has 21 heavy (non-hydrogen) atoms. The number of fused-ring (bicyclic) bond motifs is 1. The second kappa shape index (κ2) is 5.35. The standard InChI is InChI=1S/C16H16ClNO2S/c1-12-10-11-13-6-2-4-8-15(13)18(12)21(19,20)16-9-5-3-7-14(16)17/h2-9,12H,10-11H2,1H3/t12-/m1/s1. The molecule has 0 amide bonds. The molecule has 0 saturated carbocycles. The molecule has 1 aliphatic heterocycles. The number of halogens is 1. The van der Waals surface area contributed by atoms with E-state index in [1.807, 2.05) is 31.2 Å². The maximum Gasteiger partial charge on any atom is 0.266 e. The molecule has 3 rings (SSSR count). The van der Waals surface area contributed by atoms with Gasteiger partial charge in [0.2, 0.25) is 0 Å². The predicted octanol–water partition coefficient (Wildman–Crippen LogP) is 3.87. The molecule has 1 atom stereocenters. The Morgan fingerprint density at radius 3 is 2.52 bits per heavy atom. The molecule has 0 saturated heterocycles. The van der Waals surface area contributed by atoms with Crippen LogP contribution in [0.3, 0.4) is 0 Å². The topological polar surface area (TPSA) is 37.4 Å². The third kappa shape index (κ3) is 2.43. The summed E-state index contributed by atoms with van der Waals surface area (Å²) in [5.74, 6) is 0. The molecule has 0 bridgehead atoms. The highest BCUT2D eigenvalue weighted by molar-refractivity contribution is 7.93. The smallest absolute Gasteiger partial charge is 0.263 e. The first kappa shape index (κ1) is 14.4. The minimum atomic E-state index is -3.65. The fourth-order valence-corrected chi connectivity index (χ4v) is 5.00. The van der Waals surface area contributed by atoms with E-state index in [0.29, 0.717) is 0 Å². The molecule has 1 aliphatic rings. The zero-order valence-electron chi connectivity index (χ0n) is 11.7. The highest BCUT2D eigenvalue weighted by Crippen LogP contribution is 2.36. The summed E-state index contributed by atoms with van der Waals surface area (Å²) in [4.78, 5) is 0.162. The van der Waals surface area contributed by atoms with E-state index in [2.05, 4.69) is 0 Å². The van der Waals surface area contributed by atoms with Gasteiger partial charge in [0.1, 0.15) is 4.90 Å². The highest BCUT2D eigenvalue weighted by atomic mass is 35.5. The average Bonchev–Trinajstić information content (AvgIpc) is 2.47. The van der Waals surface area contributed by atoms with Crippen LogP contribution in [0.25, 0.3) is 0 Å². The van der Waals surface area contributed by atoms with Crippen molar-refractivity contribution in [3.8, 4) is 0 Å². The highest BCUT2D eigenvalue weighted by Gasteiger charge is 2.34. The number of nitrogens with zero attached hydrogens (tertiary/aromatic N) is 1. The van der Waals surface area contributed by atoms with E-state index in [0.717, 1.165) is 24.1 Å². The summed E-state index contributed by atoms with van der Waals surface area (Å²) in [6, 6.07) is 14.2. The molecule has 0 unspecified atom stereocenters. The predicted molar refractivity (Wildman–Crippen MR) is 85.3 cm³/mol. The first-order chi connectivity index (χ1) is 10.0. The van der Waals surface area contributed by atoms with Crippen molar-refractivity contribution in [2.45, 2.75) is 30.7 Å². The Hall–Kier alpha value is -1.52. The van der Waals surface area contributed by atoms with Crippen LogP contribution in [0.5, 0.6) is 0 Å². The van der Waals surface area contributed by atoms with Crippen molar-refractivity contribution < 1.29 is 8.42 Å². The number of sulfonamides is 1. The molecular weight excluding hydrogens is 306 g/mol. The fourth-order valence-electron chi connectivity index (χ4n) is 2.78. The monoisotopic (exact) mass is 321 g/mol. The van der Waals surface area contributed by atoms with Crippen LogP contribution in [0.4, 0.5) is 5.69 Å². The molecule has 0 spiro atoms. The van der Waals surface area contributed by atoms with Crippen molar-refractivity contribution in [3.63, 3.8) is 0 Å². The van der Waals surface area contributed by atoms with Crippen molar-refractivity contribution in [3.05, 3.63) is 59.1 Å². The van der Waals surface area contributed by atoms with Crippen LogP contribution in [-0.4, -0.2) is 14.5 Å². The summed E-state index contributed by atoms with van der Waals surface area (Å²) in [6.45, 7) is 1.93. The van der Waals surface area contributed by atoms with Gasteiger partial charge < -0.3 is 0 Å². The molecule has 2 aromatic carbocycles. The van der Waals surface area contributed by atoms with Crippen LogP contribution in [0, 0.1) is 0 Å². The summed E-state index contributed by atoms with van der Waals surface area (Å²) >= 11 is 6.10. The van der Waals surface area contributed by atoms with Crippen molar-refractivity contribution in [1.82, 2.24) is 0 Å². The van der Waals surface area contributed by atoms with E-state index in [-0.39, 0.29) is 16.0 Å². The number of aryl methyl sites for hydroxylation is 1. The van der Waals surface area contributed by atoms with Gasteiger partial charge in [0.25, 0.3) is 10.0 Å². The quantitative estimate of drug-likeness (QED) is 0.842. The lowest BCUT2D eigenvalue weighted by atomic mass is 9.99. The number of para-hydroxylation sites is 1. The molecule has 1 heterocycles. The Morgan fingerprint density at radius 2 is 1.76 bits per heavy atom. The number of hydrogen-bond donors (Lipinski definition) is 0. The van der Waals surface area contributed by atoms with Crippen molar-refractivity contribution in [2.24, 2.45) is 0 Å². The van der Waals surface area contributed by atoms with Gasteiger partial charge in [-0.2, -0.15) is 0 Å². The van der Waals surface area contributed by atoms with E-state index in [1.54, 1.807) is 24.3 Å². The Bertz CT molecular complexity index is 773. The van der Waals surface area contributed by atoms with Gasteiger partial charge in [0, 0.05) is 6.04 Å². The summed E-state index contributed by atoms with van der Waals surface area (Å²) in [5, 5.41) is 0.257. The van der Waals surface area contributed by atoms with E-state index >= 15 is 0 Å². The Labute approximate surface area is 130 Å². The van der Waals surface area contributed by atoms with Gasteiger partial charge in [-0.25, -0.2) is 8.42 Å². The zero-order chi connectivity index (χ0) is 15.0. The third-order valence-electron chi connectivity index (χ3n) is 3.83. The maximum absolute atomic E-state index is 13.0. The molecule has 5 heteroatoms. The van der Waals surface area contributed by atoms with E-state index in [4.69, 9.17) is 11.6 Å². The molecule has 2 aromatic rings. The summed E-state index contributed by atoms with van der Waals surface area (Å²) in [5.41, 5.74) is 1.82. The Kier molecular flexibility index (Phi) is 3.68. The van der Waals surface area contributed by atoms with Gasteiger partial charge in [0.05, 0.1) is 10.7 Å². The van der Waals surface area contributed by atoms with Crippen molar-refractivity contribution in [2.75, 3.05) is 4.31 Å². The van der Waals surface area contributed by atoms with E-state index < -0.39 is 10.0 Å². The van der Waals surface area contributed by atoms with Crippen molar-refractivity contribution in [1.29, 1.82) is 0 Å². The summed E-state index contributed by atoms with van der Waals surface area (Å²) in [7, 11) is -3.65. The average molecular weight is 322 g/mol. The summed E-state index contributed by atoms with van der Waals surface area (Å²) < 4.78 is 27.6. The molecular formula is C16H16ClNO2S. The van der Waals surface area contributed by atoms with Crippen LogP contribution in [0.2, 0.25) is 5.02 Å². The molecule has 0 aliphatic carbocycles. The lowest BCUT2D eigenvalue weighted by molar-refractivity contribution is 0.563. The summed E-state index contributed by atoms with van der Waals surface area (Å²) in [6.07, 6.45) is 1.70. The van der Waals surface area contributed by atoms with E-state index in [1.165, 1.54) is 4.31 Å². The molecule has 0 fully saturated rings. The zero-order valence-corrected chi connectivity index (χ0v) is 13.2.